The first-order valence-corrected chi connectivity index (χ1v) is 13.5. The van der Waals surface area contributed by atoms with Crippen molar-refractivity contribution in [2.45, 2.75) is 43.4 Å². The summed E-state index contributed by atoms with van der Waals surface area (Å²) in [5.74, 6) is -4.47. The van der Waals surface area contributed by atoms with Crippen molar-refractivity contribution >= 4 is 23.6 Å². The largest absolute Gasteiger partial charge is 0.496 e. The lowest BCUT2D eigenvalue weighted by Gasteiger charge is -2.38. The molecule has 2 aromatic carbocycles. The highest BCUT2D eigenvalue weighted by atomic mass is 19.1. The van der Waals surface area contributed by atoms with E-state index in [1.54, 1.807) is 25.3 Å². The van der Waals surface area contributed by atoms with Crippen LogP contribution in [0.1, 0.15) is 36.8 Å². The number of benzene rings is 2. The monoisotopic (exact) mass is 592 g/mol. The summed E-state index contributed by atoms with van der Waals surface area (Å²) in [6.07, 6.45) is -1.26. The number of aliphatic hydroxyl groups is 2. The number of halogens is 1. The number of aliphatic carboxylic acids is 3. The average Bonchev–Trinajstić information content (AvgIpc) is 2.94. The normalized spacial score (nSPS) is 17.1. The van der Waals surface area contributed by atoms with Crippen molar-refractivity contribution in [1.29, 1.82) is 0 Å². The van der Waals surface area contributed by atoms with Crippen LogP contribution in [-0.4, -0.2) is 100 Å². The lowest BCUT2D eigenvalue weighted by atomic mass is 9.84. The number of nitrogens with zero attached hydrogens (tertiary/aromatic N) is 2. The first-order valence-electron chi connectivity index (χ1n) is 13.5. The lowest BCUT2D eigenvalue weighted by Crippen LogP contribution is -2.42. The Morgan fingerprint density at radius 2 is 1.57 bits per heavy atom. The molecule has 0 amide bonds. The zero-order chi connectivity index (χ0) is 30.9. The zero-order valence-corrected chi connectivity index (χ0v) is 23.4. The molecule has 2 saturated heterocycles. The van der Waals surface area contributed by atoms with Crippen LogP contribution in [0.2, 0.25) is 0 Å². The standard InChI is InChI=1S/C23H29FN2O3.C6H8O7/c1-28-22-16-19(26-12-14-29-15-13-26)7-6-18(22)17-25-10-8-23(27,9-11-25)20-4-2-3-5-21(20)24;7-3(8)1-6(13,5(11)12)2-4(9)10/h2-7,16,27H,8-15,17H2,1H3;13H,1-2H2,(H,7,8)(H,9,10)(H,11,12). The molecule has 42 heavy (non-hydrogen) atoms. The van der Waals surface area contributed by atoms with Gasteiger partial charge in [-0.05, 0) is 25.0 Å². The number of hydrogen-bond donors (Lipinski definition) is 5. The third-order valence-corrected chi connectivity index (χ3v) is 7.38. The van der Waals surface area contributed by atoms with E-state index in [0.717, 1.165) is 49.8 Å². The Hall–Kier alpha value is -3.78. The summed E-state index contributed by atoms with van der Waals surface area (Å²) in [6, 6.07) is 12.9. The van der Waals surface area contributed by atoms with Crippen LogP contribution < -0.4 is 9.64 Å². The van der Waals surface area contributed by atoms with Crippen LogP contribution in [-0.2, 0) is 31.3 Å². The van der Waals surface area contributed by atoms with Crippen molar-refractivity contribution in [2.75, 3.05) is 51.4 Å². The topological polar surface area (TPSA) is 177 Å². The SMILES string of the molecule is COc1cc(N2CCOCC2)ccc1CN1CCC(O)(c2ccccc2F)CC1.O=C(O)CC(O)(CC(=O)O)C(=O)O. The molecular weight excluding hydrogens is 555 g/mol. The molecule has 2 heterocycles. The second kappa shape index (κ2) is 14.4. The summed E-state index contributed by atoms with van der Waals surface area (Å²) < 4.78 is 25.2. The van der Waals surface area contributed by atoms with Gasteiger partial charge in [0.15, 0.2) is 5.60 Å². The number of methoxy groups -OCH3 is 1. The van der Waals surface area contributed by atoms with Crippen LogP contribution in [0.15, 0.2) is 42.5 Å². The number of ether oxygens (including phenoxy) is 2. The van der Waals surface area contributed by atoms with E-state index in [2.05, 4.69) is 28.0 Å². The maximum absolute atomic E-state index is 14.2. The molecule has 2 aliphatic heterocycles. The van der Waals surface area contributed by atoms with Crippen LogP contribution in [0.5, 0.6) is 5.75 Å². The highest BCUT2D eigenvalue weighted by Crippen LogP contribution is 2.35. The Bertz CT molecular complexity index is 1230. The van der Waals surface area contributed by atoms with E-state index in [4.69, 9.17) is 29.9 Å². The number of anilines is 1. The van der Waals surface area contributed by atoms with Gasteiger partial charge in [0.1, 0.15) is 11.6 Å². The third-order valence-electron chi connectivity index (χ3n) is 7.38. The van der Waals surface area contributed by atoms with Gasteiger partial charge in [-0.2, -0.15) is 0 Å². The first kappa shape index (κ1) is 32.7. The van der Waals surface area contributed by atoms with Crippen molar-refractivity contribution in [3.63, 3.8) is 0 Å². The second-order valence-electron chi connectivity index (χ2n) is 10.4. The van der Waals surface area contributed by atoms with Crippen LogP contribution in [0, 0.1) is 5.82 Å². The molecule has 0 aromatic heterocycles. The van der Waals surface area contributed by atoms with Crippen molar-refractivity contribution in [2.24, 2.45) is 0 Å². The molecular formula is C29H37FN2O10. The van der Waals surface area contributed by atoms with Gasteiger partial charge in [0.25, 0.3) is 0 Å². The number of morpholine rings is 1. The summed E-state index contributed by atoms with van der Waals surface area (Å²) >= 11 is 0. The van der Waals surface area contributed by atoms with Gasteiger partial charge < -0.3 is 39.9 Å². The number of carbonyl (C=O) groups is 3. The van der Waals surface area contributed by atoms with Gasteiger partial charge in [-0.1, -0.05) is 24.3 Å². The summed E-state index contributed by atoms with van der Waals surface area (Å²) in [6.45, 7) is 5.45. The number of hydrogen-bond acceptors (Lipinski definition) is 9. The minimum Gasteiger partial charge on any atom is -0.496 e. The Morgan fingerprint density at radius 1 is 0.976 bits per heavy atom. The van der Waals surface area contributed by atoms with Crippen molar-refractivity contribution in [3.05, 3.63) is 59.4 Å². The van der Waals surface area contributed by atoms with E-state index in [0.29, 0.717) is 31.5 Å². The lowest BCUT2D eigenvalue weighted by molar-refractivity contribution is -0.170. The summed E-state index contributed by atoms with van der Waals surface area (Å²) in [5, 5.41) is 44.8. The van der Waals surface area contributed by atoms with E-state index in [-0.39, 0.29) is 5.82 Å². The molecule has 2 aromatic rings. The van der Waals surface area contributed by atoms with Crippen LogP contribution in [0.25, 0.3) is 0 Å². The molecule has 12 nitrogen and oxygen atoms in total. The van der Waals surface area contributed by atoms with Crippen LogP contribution >= 0.6 is 0 Å². The fourth-order valence-corrected chi connectivity index (χ4v) is 5.03. The van der Waals surface area contributed by atoms with Gasteiger partial charge in [0, 0.05) is 55.6 Å². The fraction of sp³-hybridized carbons (Fsp3) is 0.483. The zero-order valence-electron chi connectivity index (χ0n) is 23.4. The molecule has 4 rings (SSSR count). The molecule has 5 N–H and O–H groups in total. The number of carboxylic acid groups (broad SMARTS) is 3. The molecule has 2 aliphatic rings. The average molecular weight is 593 g/mol. The number of likely N-dealkylation sites (tertiary alicyclic amines) is 1. The maximum atomic E-state index is 14.2. The molecule has 0 atom stereocenters. The molecule has 0 bridgehead atoms. The van der Waals surface area contributed by atoms with Crippen molar-refractivity contribution in [1.82, 2.24) is 4.90 Å². The highest BCUT2D eigenvalue weighted by molar-refractivity contribution is 5.88. The third kappa shape index (κ3) is 8.61. The smallest absolute Gasteiger partial charge is 0.336 e. The Morgan fingerprint density at radius 3 is 2.10 bits per heavy atom. The van der Waals surface area contributed by atoms with Gasteiger partial charge in [0.2, 0.25) is 0 Å². The highest BCUT2D eigenvalue weighted by Gasteiger charge is 2.41. The molecule has 0 aliphatic carbocycles. The quantitative estimate of drug-likeness (QED) is 0.271. The van der Waals surface area contributed by atoms with Crippen molar-refractivity contribution < 1.29 is 53.8 Å². The molecule has 2 fully saturated rings. The second-order valence-corrected chi connectivity index (χ2v) is 10.4. The Labute approximate surface area is 242 Å². The predicted molar refractivity (Wildman–Crippen MR) is 148 cm³/mol. The number of rotatable bonds is 10. The van der Waals surface area contributed by atoms with E-state index in [1.165, 1.54) is 6.07 Å². The van der Waals surface area contributed by atoms with Gasteiger partial charge in [-0.3, -0.25) is 14.5 Å². The molecule has 0 radical (unpaired) electrons. The predicted octanol–water partition coefficient (Wildman–Crippen LogP) is 1.91. The minimum atomic E-state index is -2.74. The Kier molecular flexibility index (Phi) is 11.2. The minimum absolute atomic E-state index is 0.330. The van der Waals surface area contributed by atoms with Crippen molar-refractivity contribution in [3.8, 4) is 5.75 Å². The molecule has 0 saturated carbocycles. The van der Waals surface area contributed by atoms with Crippen LogP contribution in [0.4, 0.5) is 10.1 Å². The van der Waals surface area contributed by atoms with E-state index < -0.39 is 42.0 Å². The molecule has 0 unspecified atom stereocenters. The van der Waals surface area contributed by atoms with E-state index >= 15 is 0 Å². The van der Waals surface area contributed by atoms with Crippen LogP contribution in [0.3, 0.4) is 0 Å². The summed E-state index contributed by atoms with van der Waals surface area (Å²) in [5.41, 5.74) is -1.14. The van der Waals surface area contributed by atoms with Gasteiger partial charge >= 0.3 is 17.9 Å². The van der Waals surface area contributed by atoms with Gasteiger partial charge in [0.05, 0.1) is 38.8 Å². The summed E-state index contributed by atoms with van der Waals surface area (Å²) in [7, 11) is 1.70. The molecule has 230 valence electrons. The van der Waals surface area contributed by atoms with Gasteiger partial charge in [-0.15, -0.1) is 0 Å². The van der Waals surface area contributed by atoms with E-state index in [9.17, 15) is 23.9 Å². The number of carboxylic acids is 3. The molecule has 13 heteroatoms. The van der Waals surface area contributed by atoms with E-state index in [1.807, 2.05) is 0 Å². The Balaban J connectivity index is 0.000000316. The summed E-state index contributed by atoms with van der Waals surface area (Å²) in [4.78, 5) is 35.1. The number of piperidine rings is 1. The molecule has 0 spiro atoms. The maximum Gasteiger partial charge on any atom is 0.336 e. The van der Waals surface area contributed by atoms with Gasteiger partial charge in [-0.25, -0.2) is 9.18 Å². The first-order chi connectivity index (χ1) is 19.9. The fourth-order valence-electron chi connectivity index (χ4n) is 5.03.